The standard InChI is InChI=1S/C134H102N10O4/c1-129(2,3)95-55-37-85(38-56-95)121-135-139-125(145-121)91-51-69-107-105-33-21-23-35-113(105)133(117(107)79-91)114-36-24-22-34-106(114)108-70-52-92(80-118(108)133)126-140-138-124(148-126)88-43-61-98(62-44-88)132(8)75-73-130(4,5)96-57-39-86(40-58-96)122-136-141-127(146-122)93-53-71-111-109-67-49-89(83-45-63-103(64-46-83)143(99-25-13-9-14-26-99)100-27-15-10-16-28-100)77-115(109)134(119(111)81-93)116-78-90(84-47-65-104(66-48-84)144(101-29-17-11-18-30-101)102-31-19-12-20-32-102)50-68-110(116)112-72-54-94(82-120(112)134)128-142-137-123(147-128)87-41-59-97(60-42-87)131(6,7)74-76-132/h9-72,77-82H,73-76H2,1-8H3. The van der Waals surface area contributed by atoms with Gasteiger partial charge in [-0.3, -0.25) is 0 Å². The van der Waals surface area contributed by atoms with Crippen LogP contribution in [0.5, 0.6) is 0 Å². The number of hydrogen-bond donors (Lipinski definition) is 0. The first-order valence-electron chi connectivity index (χ1n) is 51.1. The minimum Gasteiger partial charge on any atom is -0.416 e. The second-order valence-electron chi connectivity index (χ2n) is 42.8. The highest BCUT2D eigenvalue weighted by Gasteiger charge is 2.55. The van der Waals surface area contributed by atoms with E-state index in [0.717, 1.165) is 193 Å². The van der Waals surface area contributed by atoms with Crippen molar-refractivity contribution >= 4 is 34.1 Å². The molecule has 3 aliphatic heterocycles. The van der Waals surface area contributed by atoms with Crippen LogP contribution in [0.1, 0.15) is 148 Å². The molecule has 0 amide bonds. The highest BCUT2D eigenvalue weighted by Crippen LogP contribution is 2.67. The number of para-hydroxylation sites is 4. The van der Waals surface area contributed by atoms with Gasteiger partial charge in [0.1, 0.15) is 0 Å². The van der Waals surface area contributed by atoms with Crippen LogP contribution >= 0.6 is 0 Å². The van der Waals surface area contributed by atoms with Gasteiger partial charge in [-0.25, -0.2) is 0 Å². The van der Waals surface area contributed by atoms with E-state index in [1.807, 2.05) is 0 Å². The highest BCUT2D eigenvalue weighted by molar-refractivity contribution is 6.01. The van der Waals surface area contributed by atoms with Crippen molar-refractivity contribution in [1.82, 2.24) is 40.8 Å². The number of rotatable bonds is 13. The van der Waals surface area contributed by atoms with Gasteiger partial charge in [-0.15, -0.1) is 40.8 Å². The fraction of sp³-hybridized carbons (Fsp3) is 0.134. The summed E-state index contributed by atoms with van der Waals surface area (Å²) in [4.78, 5) is 4.62. The van der Waals surface area contributed by atoms with Crippen LogP contribution in [-0.2, 0) is 32.5 Å². The van der Waals surface area contributed by atoms with Crippen molar-refractivity contribution in [1.29, 1.82) is 0 Å². The SMILES string of the molecule is CC(C)(C)c1ccc(-c2nnc(-c3ccc4c(c3)C3(c5ccccc5-4)c4ccccc4-c4ccc(-c5nnc(-c6ccc(C7(C)CCC(C)(C)c8ccc(cc8)-c8nnc(o8)-c8ccc9c(c8)C8(c%10cc(-c%11ccc(N(c%12ccccc%12)c%12ccccc%12)cc%11)ccc%10-9)c9cc(-c%10ccc(N(c%11ccccc%11)c%11ccccc%11)cc%10)ccc9-c9ccc(cc98)-c8nnc(o8)-c8ccc(cc8)C(C)(C)CC7)cc6)o5)cc43)o2)cc1. The van der Waals surface area contributed by atoms with E-state index >= 15 is 0 Å². The van der Waals surface area contributed by atoms with E-state index in [0.29, 0.717) is 47.1 Å². The van der Waals surface area contributed by atoms with E-state index in [2.05, 4.69) is 500 Å². The van der Waals surface area contributed by atoms with Crippen molar-refractivity contribution in [2.24, 2.45) is 0 Å². The predicted octanol–water partition coefficient (Wildman–Crippen LogP) is 33.9. The molecule has 0 saturated heterocycles. The predicted molar refractivity (Wildman–Crippen MR) is 591 cm³/mol. The maximum atomic E-state index is 7.01. The molecule has 0 N–H and O–H groups in total. The molecule has 0 saturated carbocycles. The number of nitrogens with zero attached hydrogens (tertiary/aromatic N) is 10. The zero-order chi connectivity index (χ0) is 99.5. The summed E-state index contributed by atoms with van der Waals surface area (Å²) in [5.41, 5.74) is 38.0. The number of aromatic nitrogens is 8. The molecular weight excluding hydrogens is 1810 g/mol. The lowest BCUT2D eigenvalue weighted by molar-refractivity contribution is 0.301. The van der Waals surface area contributed by atoms with Gasteiger partial charge in [-0.1, -0.05) is 298 Å². The van der Waals surface area contributed by atoms with Crippen molar-refractivity contribution in [3.05, 3.63) is 491 Å². The van der Waals surface area contributed by atoms with Crippen molar-refractivity contribution in [2.45, 2.75) is 114 Å². The normalized spacial score (nSPS) is 15.3. The van der Waals surface area contributed by atoms with Crippen LogP contribution in [0.25, 0.3) is 158 Å². The number of hydrogen-bond acceptors (Lipinski definition) is 14. The largest absolute Gasteiger partial charge is 0.416 e. The molecule has 22 aromatic rings. The fourth-order valence-corrected chi connectivity index (χ4v) is 24.0. The van der Waals surface area contributed by atoms with Gasteiger partial charge >= 0.3 is 0 Å². The van der Waals surface area contributed by atoms with Crippen LogP contribution in [0, 0.1) is 0 Å². The van der Waals surface area contributed by atoms with Crippen molar-refractivity contribution < 1.29 is 17.7 Å². The van der Waals surface area contributed by atoms with Gasteiger partial charge in [0.25, 0.3) is 0 Å². The zero-order valence-electron chi connectivity index (χ0n) is 83.3. The molecule has 0 radical (unpaired) electrons. The zero-order valence-corrected chi connectivity index (χ0v) is 83.3. The molecule has 148 heavy (non-hydrogen) atoms. The first-order chi connectivity index (χ1) is 72.2. The molecule has 7 aliphatic rings. The van der Waals surface area contributed by atoms with E-state index in [4.69, 9.17) is 48.3 Å². The van der Waals surface area contributed by atoms with E-state index in [1.54, 1.807) is 0 Å². The molecule has 1 unspecified atom stereocenters. The molecular formula is C134H102N10O4. The molecule has 4 aromatic heterocycles. The first kappa shape index (κ1) is 89.0. The maximum absolute atomic E-state index is 7.01. The number of fused-ring (bicyclic) bond motifs is 16. The molecule has 1 atom stereocenters. The molecule has 18 aromatic carbocycles. The second kappa shape index (κ2) is 34.4. The summed E-state index contributed by atoms with van der Waals surface area (Å²) in [6.45, 7) is 18.6. The lowest BCUT2D eigenvalue weighted by atomic mass is 9.67. The average molecular weight is 1920 g/mol. The minimum atomic E-state index is -0.947. The van der Waals surface area contributed by atoms with Crippen molar-refractivity contribution in [3.63, 3.8) is 0 Å². The Morgan fingerprint density at radius 3 is 0.703 bits per heavy atom. The Balaban J connectivity index is 0.528. The van der Waals surface area contributed by atoms with Gasteiger partial charge in [0.15, 0.2) is 0 Å². The Bertz CT molecular complexity index is 8510. The average Bonchev–Trinajstić information content (AvgIpc) is 1.54. The Morgan fingerprint density at radius 2 is 0.412 bits per heavy atom. The highest BCUT2D eigenvalue weighted by atomic mass is 16.4. The second-order valence-corrected chi connectivity index (χ2v) is 42.8. The molecule has 29 rings (SSSR count). The van der Waals surface area contributed by atoms with Crippen LogP contribution in [0.15, 0.2) is 442 Å². The summed E-state index contributed by atoms with van der Waals surface area (Å²) in [5, 5.41) is 38.7. The van der Waals surface area contributed by atoms with E-state index in [1.165, 1.54) is 44.5 Å². The molecule has 14 nitrogen and oxygen atoms in total. The van der Waals surface area contributed by atoms with E-state index in [9.17, 15) is 0 Å². The van der Waals surface area contributed by atoms with Crippen molar-refractivity contribution in [2.75, 3.05) is 9.80 Å². The molecule has 2 spiro atoms. The van der Waals surface area contributed by atoms with Gasteiger partial charge in [-0.2, -0.15) is 0 Å². The molecule has 0 fully saturated rings. The lowest BCUT2D eigenvalue weighted by Gasteiger charge is -2.37. The van der Waals surface area contributed by atoms with Gasteiger partial charge in [-0.05, 0) is 363 Å². The van der Waals surface area contributed by atoms with Gasteiger partial charge < -0.3 is 27.5 Å². The monoisotopic (exact) mass is 1910 g/mol. The van der Waals surface area contributed by atoms with E-state index < -0.39 is 10.8 Å². The summed E-state index contributed by atoms with van der Waals surface area (Å²) >= 11 is 0. The molecule has 712 valence electrons. The summed E-state index contributed by atoms with van der Waals surface area (Å²) in [5.74, 6) is 3.51. The maximum Gasteiger partial charge on any atom is 0.248 e. The Kier molecular flexibility index (Phi) is 20.7. The quantitative estimate of drug-likeness (QED) is 0.107. The third-order valence-corrected chi connectivity index (χ3v) is 32.3. The van der Waals surface area contributed by atoms with Crippen molar-refractivity contribution in [3.8, 4) is 158 Å². The van der Waals surface area contributed by atoms with Gasteiger partial charge in [0.05, 0.1) is 10.8 Å². The van der Waals surface area contributed by atoms with Gasteiger partial charge in [0.2, 0.25) is 47.1 Å². The molecule has 14 heteroatoms. The van der Waals surface area contributed by atoms with Crippen LogP contribution < -0.4 is 9.80 Å². The Morgan fingerprint density at radius 1 is 0.196 bits per heavy atom. The fourth-order valence-electron chi connectivity index (χ4n) is 24.0. The topological polar surface area (TPSA) is 162 Å². The van der Waals surface area contributed by atoms with Gasteiger partial charge in [0, 0.05) is 78.6 Å². The summed E-state index contributed by atoms with van der Waals surface area (Å²) < 4.78 is 27.5. The third kappa shape index (κ3) is 14.6. The summed E-state index contributed by atoms with van der Waals surface area (Å²) in [6.07, 6.45) is 3.55. The molecule has 12 bridgehead atoms. The Hall–Kier alpha value is -17.9. The smallest absolute Gasteiger partial charge is 0.248 e. The number of benzene rings is 18. The first-order valence-corrected chi connectivity index (χ1v) is 51.1. The summed E-state index contributed by atoms with van der Waals surface area (Å²) in [7, 11) is 0. The minimum absolute atomic E-state index is 0.00967. The third-order valence-electron chi connectivity index (χ3n) is 32.3. The summed E-state index contributed by atoms with van der Waals surface area (Å²) in [6, 6.07) is 154. The molecule has 7 heterocycles. The number of anilines is 6. The van der Waals surface area contributed by atoms with Crippen LogP contribution in [-0.4, -0.2) is 40.8 Å². The molecule has 4 aliphatic carbocycles. The van der Waals surface area contributed by atoms with Crippen LogP contribution in [0.3, 0.4) is 0 Å². The van der Waals surface area contributed by atoms with E-state index in [-0.39, 0.29) is 21.7 Å². The Labute approximate surface area is 859 Å². The van der Waals surface area contributed by atoms with Crippen LogP contribution in [0.4, 0.5) is 34.1 Å². The van der Waals surface area contributed by atoms with Crippen LogP contribution in [0.2, 0.25) is 0 Å². The lowest BCUT2D eigenvalue weighted by Crippen LogP contribution is -2.29.